The van der Waals surface area contributed by atoms with Crippen LogP contribution in [0.3, 0.4) is 0 Å². The molecule has 1 aromatic carbocycles. The normalized spacial score (nSPS) is 22.3. The van der Waals surface area contributed by atoms with Crippen LogP contribution < -0.4 is 5.32 Å². The van der Waals surface area contributed by atoms with Gasteiger partial charge in [-0.3, -0.25) is 9.59 Å². The van der Waals surface area contributed by atoms with Crippen LogP contribution in [0.15, 0.2) is 18.2 Å². The Morgan fingerprint density at radius 3 is 2.50 bits per heavy atom. The zero-order chi connectivity index (χ0) is 14.7. The summed E-state index contributed by atoms with van der Waals surface area (Å²) < 4.78 is 13.4. The molecule has 1 aliphatic rings. The molecule has 108 valence electrons. The lowest BCUT2D eigenvalue weighted by molar-refractivity contribution is -0.147. The molecule has 1 aliphatic carbocycles. The summed E-state index contributed by atoms with van der Waals surface area (Å²) in [5.41, 5.74) is 0.872. The third-order valence-electron chi connectivity index (χ3n) is 3.86. The van der Waals surface area contributed by atoms with Crippen molar-refractivity contribution in [3.63, 3.8) is 0 Å². The lowest BCUT2D eigenvalue weighted by Gasteiger charge is -2.27. The van der Waals surface area contributed by atoms with Gasteiger partial charge in [-0.1, -0.05) is 18.9 Å². The number of carbonyl (C=O) groups excluding carboxylic acids is 1. The largest absolute Gasteiger partial charge is 0.481 e. The number of carboxylic acids is 1. The van der Waals surface area contributed by atoms with E-state index in [2.05, 4.69) is 5.32 Å². The highest BCUT2D eigenvalue weighted by Gasteiger charge is 2.35. The number of hydrogen-bond donors (Lipinski definition) is 2. The summed E-state index contributed by atoms with van der Waals surface area (Å²) in [6.07, 6.45) is 2.77. The highest BCUT2D eigenvalue weighted by Crippen LogP contribution is 2.31. The van der Waals surface area contributed by atoms with Crippen LogP contribution in [0.2, 0.25) is 0 Å². The maximum atomic E-state index is 13.4. The summed E-state index contributed by atoms with van der Waals surface area (Å²) in [5, 5.41) is 11.8. The fourth-order valence-electron chi connectivity index (χ4n) is 2.65. The Kier molecular flexibility index (Phi) is 4.37. The van der Waals surface area contributed by atoms with Crippen LogP contribution in [0.1, 0.15) is 31.2 Å². The SMILES string of the molecule is Cc1ccc(NC(=O)[C@@H]2CCCC[C@H]2C(=O)O)cc1F. The van der Waals surface area contributed by atoms with Crippen LogP contribution in [0.5, 0.6) is 0 Å². The molecule has 0 bridgehead atoms. The van der Waals surface area contributed by atoms with Gasteiger partial charge in [0.25, 0.3) is 0 Å². The molecule has 0 spiro atoms. The Balaban J connectivity index is 2.09. The van der Waals surface area contributed by atoms with Crippen molar-refractivity contribution in [3.05, 3.63) is 29.6 Å². The molecule has 2 atom stereocenters. The molecule has 0 aliphatic heterocycles. The van der Waals surface area contributed by atoms with E-state index in [-0.39, 0.29) is 11.7 Å². The number of nitrogens with one attached hydrogen (secondary N) is 1. The van der Waals surface area contributed by atoms with Crippen molar-refractivity contribution in [2.75, 3.05) is 5.32 Å². The molecule has 2 rings (SSSR count). The Morgan fingerprint density at radius 1 is 1.25 bits per heavy atom. The lowest BCUT2D eigenvalue weighted by Crippen LogP contribution is -2.36. The quantitative estimate of drug-likeness (QED) is 0.894. The topological polar surface area (TPSA) is 66.4 Å². The molecule has 1 amide bonds. The molecule has 1 fully saturated rings. The highest BCUT2D eigenvalue weighted by molar-refractivity contribution is 5.95. The predicted octanol–water partition coefficient (Wildman–Crippen LogP) is 2.96. The zero-order valence-corrected chi connectivity index (χ0v) is 11.4. The molecular formula is C15H18FNO3. The first-order chi connectivity index (χ1) is 9.49. The molecule has 4 nitrogen and oxygen atoms in total. The minimum Gasteiger partial charge on any atom is -0.481 e. The third-order valence-corrected chi connectivity index (χ3v) is 3.86. The van der Waals surface area contributed by atoms with Gasteiger partial charge in [0.1, 0.15) is 5.82 Å². The molecule has 0 saturated heterocycles. The van der Waals surface area contributed by atoms with E-state index in [0.717, 1.165) is 12.8 Å². The van der Waals surface area contributed by atoms with E-state index >= 15 is 0 Å². The van der Waals surface area contributed by atoms with E-state index in [9.17, 15) is 14.0 Å². The summed E-state index contributed by atoms with van der Waals surface area (Å²) >= 11 is 0. The van der Waals surface area contributed by atoms with Gasteiger partial charge in [-0.15, -0.1) is 0 Å². The standard InChI is InChI=1S/C15H18FNO3/c1-9-6-7-10(8-13(9)16)17-14(18)11-4-2-3-5-12(11)15(19)20/h6-8,11-12H,2-5H2,1H3,(H,17,18)(H,19,20)/t11-,12-/m1/s1. The number of aliphatic carboxylic acids is 1. The second-order valence-electron chi connectivity index (χ2n) is 5.29. The first kappa shape index (κ1) is 14.5. The van der Waals surface area contributed by atoms with E-state index in [0.29, 0.717) is 24.1 Å². The molecule has 0 radical (unpaired) electrons. The second kappa shape index (κ2) is 6.03. The van der Waals surface area contributed by atoms with Gasteiger partial charge in [0.2, 0.25) is 5.91 Å². The van der Waals surface area contributed by atoms with E-state index in [1.807, 2.05) is 0 Å². The van der Waals surface area contributed by atoms with Crippen molar-refractivity contribution >= 4 is 17.6 Å². The van der Waals surface area contributed by atoms with Crippen LogP contribution in [-0.4, -0.2) is 17.0 Å². The van der Waals surface area contributed by atoms with Crippen LogP contribution >= 0.6 is 0 Å². The Bertz CT molecular complexity index is 530. The monoisotopic (exact) mass is 279 g/mol. The van der Waals surface area contributed by atoms with Gasteiger partial charge < -0.3 is 10.4 Å². The smallest absolute Gasteiger partial charge is 0.307 e. The summed E-state index contributed by atoms with van der Waals surface area (Å²) in [4.78, 5) is 23.4. The molecule has 1 saturated carbocycles. The van der Waals surface area contributed by atoms with Crippen molar-refractivity contribution in [3.8, 4) is 0 Å². The van der Waals surface area contributed by atoms with Crippen LogP contribution in [0, 0.1) is 24.6 Å². The number of carbonyl (C=O) groups is 2. The van der Waals surface area contributed by atoms with Gasteiger partial charge in [0, 0.05) is 5.69 Å². The molecule has 1 aromatic rings. The minimum absolute atomic E-state index is 0.333. The van der Waals surface area contributed by atoms with Crippen molar-refractivity contribution in [2.45, 2.75) is 32.6 Å². The Labute approximate surface area is 117 Å². The maximum absolute atomic E-state index is 13.4. The number of amides is 1. The number of rotatable bonds is 3. The van der Waals surface area contributed by atoms with Crippen molar-refractivity contribution in [1.29, 1.82) is 0 Å². The zero-order valence-electron chi connectivity index (χ0n) is 11.4. The highest BCUT2D eigenvalue weighted by atomic mass is 19.1. The average molecular weight is 279 g/mol. The van der Waals surface area contributed by atoms with Crippen LogP contribution in [0.4, 0.5) is 10.1 Å². The van der Waals surface area contributed by atoms with Gasteiger partial charge in [0.05, 0.1) is 11.8 Å². The first-order valence-corrected chi connectivity index (χ1v) is 6.79. The van der Waals surface area contributed by atoms with Gasteiger partial charge >= 0.3 is 5.97 Å². The van der Waals surface area contributed by atoms with Crippen LogP contribution in [0.25, 0.3) is 0 Å². The molecule has 5 heteroatoms. The number of anilines is 1. The lowest BCUT2D eigenvalue weighted by atomic mass is 9.78. The molecule has 0 heterocycles. The summed E-state index contributed by atoms with van der Waals surface area (Å²) in [5.74, 6) is -2.83. The molecule has 20 heavy (non-hydrogen) atoms. The van der Waals surface area contributed by atoms with E-state index in [1.54, 1.807) is 19.1 Å². The van der Waals surface area contributed by atoms with Crippen molar-refractivity contribution < 1.29 is 19.1 Å². The summed E-state index contributed by atoms with van der Waals surface area (Å²) in [6, 6.07) is 4.46. The van der Waals surface area contributed by atoms with E-state index in [4.69, 9.17) is 5.11 Å². The number of hydrogen-bond acceptors (Lipinski definition) is 2. The van der Waals surface area contributed by atoms with Gasteiger partial charge in [-0.2, -0.15) is 0 Å². The van der Waals surface area contributed by atoms with Crippen molar-refractivity contribution in [1.82, 2.24) is 0 Å². The molecular weight excluding hydrogens is 261 g/mol. The van der Waals surface area contributed by atoms with Gasteiger partial charge in [-0.25, -0.2) is 4.39 Å². The molecule has 0 aromatic heterocycles. The fourth-order valence-corrected chi connectivity index (χ4v) is 2.65. The van der Waals surface area contributed by atoms with E-state index in [1.165, 1.54) is 6.07 Å². The molecule has 0 unspecified atom stereocenters. The minimum atomic E-state index is -0.931. The van der Waals surface area contributed by atoms with Crippen LogP contribution in [-0.2, 0) is 9.59 Å². The maximum Gasteiger partial charge on any atom is 0.307 e. The van der Waals surface area contributed by atoms with Gasteiger partial charge in [-0.05, 0) is 37.5 Å². The van der Waals surface area contributed by atoms with E-state index < -0.39 is 17.8 Å². The number of aryl methyl sites for hydroxylation is 1. The molecule has 2 N–H and O–H groups in total. The van der Waals surface area contributed by atoms with Gasteiger partial charge in [0.15, 0.2) is 0 Å². The summed E-state index contributed by atoms with van der Waals surface area (Å²) in [6.45, 7) is 1.64. The Hall–Kier alpha value is -1.91. The number of carboxylic acid groups (broad SMARTS) is 1. The summed E-state index contributed by atoms with van der Waals surface area (Å²) in [7, 11) is 0. The second-order valence-corrected chi connectivity index (χ2v) is 5.29. The first-order valence-electron chi connectivity index (χ1n) is 6.79. The Morgan fingerprint density at radius 2 is 1.90 bits per heavy atom. The fraction of sp³-hybridized carbons (Fsp3) is 0.467. The number of benzene rings is 1. The average Bonchev–Trinajstić information content (AvgIpc) is 2.43. The van der Waals surface area contributed by atoms with Crippen molar-refractivity contribution in [2.24, 2.45) is 11.8 Å². The predicted molar refractivity (Wildman–Crippen MR) is 72.9 cm³/mol. The number of halogens is 1. The third kappa shape index (κ3) is 3.15.